The summed E-state index contributed by atoms with van der Waals surface area (Å²) < 4.78 is 71.4. The lowest BCUT2D eigenvalue weighted by Crippen LogP contribution is -2.47. The minimum absolute atomic E-state index is 0.00552. The molecule has 9 nitrogen and oxygen atoms in total. The molecule has 2 aromatic rings. The van der Waals surface area contributed by atoms with E-state index in [0.29, 0.717) is 63.2 Å². The Morgan fingerprint density at radius 3 is 2.62 bits per heavy atom. The van der Waals surface area contributed by atoms with Gasteiger partial charge in [0.05, 0.1) is 5.92 Å². The number of carbonyl (C=O) groups is 2. The van der Waals surface area contributed by atoms with Gasteiger partial charge in [0.15, 0.2) is 0 Å². The number of hydrogen-bond donors (Lipinski definition) is 1. The molecule has 5 rings (SSSR count). The monoisotopic (exact) mass is 609 g/mol. The van der Waals surface area contributed by atoms with Crippen molar-refractivity contribution in [2.24, 2.45) is 5.92 Å². The van der Waals surface area contributed by atoms with Crippen molar-refractivity contribution >= 4 is 33.3 Å². The average molecular weight is 610 g/mol. The first-order valence-electron chi connectivity index (χ1n) is 14.1. The number of ether oxygens (including phenoxy) is 1. The molecule has 2 fully saturated rings. The Balaban J connectivity index is 1.42. The van der Waals surface area contributed by atoms with Crippen LogP contribution in [0.25, 0.3) is 0 Å². The number of hydrogen-bond acceptors (Lipinski definition) is 7. The fourth-order valence-electron chi connectivity index (χ4n) is 5.81. The van der Waals surface area contributed by atoms with Crippen LogP contribution in [0.3, 0.4) is 0 Å². The van der Waals surface area contributed by atoms with E-state index in [1.165, 1.54) is 12.1 Å². The molecule has 3 aliphatic rings. The van der Waals surface area contributed by atoms with Gasteiger partial charge in [-0.05, 0) is 80.0 Å². The number of rotatable bonds is 10. The highest BCUT2D eigenvalue weighted by Crippen LogP contribution is 2.41. The Kier molecular flexibility index (Phi) is 8.81. The van der Waals surface area contributed by atoms with E-state index in [1.54, 1.807) is 23.0 Å². The lowest BCUT2D eigenvalue weighted by molar-refractivity contribution is -0.123. The third kappa shape index (κ3) is 6.42. The number of carbonyl (C=O) groups excluding carboxylic acids is 2. The molecule has 228 valence electrons. The molecule has 42 heavy (non-hydrogen) atoms. The van der Waals surface area contributed by atoms with Crippen molar-refractivity contribution in [3.05, 3.63) is 53.6 Å². The van der Waals surface area contributed by atoms with Crippen LogP contribution in [-0.4, -0.2) is 65.1 Å². The quantitative estimate of drug-likeness (QED) is 0.246. The molecule has 2 aliphatic heterocycles. The van der Waals surface area contributed by atoms with Gasteiger partial charge in [-0.1, -0.05) is 18.2 Å². The van der Waals surface area contributed by atoms with Crippen LogP contribution in [0.5, 0.6) is 5.75 Å². The van der Waals surface area contributed by atoms with Crippen molar-refractivity contribution in [1.82, 2.24) is 5.32 Å². The molecular weight excluding hydrogens is 575 g/mol. The van der Waals surface area contributed by atoms with Crippen LogP contribution in [0.15, 0.2) is 42.5 Å². The van der Waals surface area contributed by atoms with Gasteiger partial charge in [0.2, 0.25) is 11.8 Å². The second-order valence-corrected chi connectivity index (χ2v) is 12.4. The molecular formula is C29H34F3N3O6S. The van der Waals surface area contributed by atoms with Crippen molar-refractivity contribution in [3.8, 4) is 5.75 Å². The van der Waals surface area contributed by atoms with E-state index in [1.807, 2.05) is 18.2 Å². The van der Waals surface area contributed by atoms with Crippen molar-refractivity contribution in [3.63, 3.8) is 0 Å². The first-order valence-corrected chi connectivity index (χ1v) is 15.5. The van der Waals surface area contributed by atoms with Gasteiger partial charge >= 0.3 is 15.6 Å². The van der Waals surface area contributed by atoms with E-state index in [0.717, 1.165) is 30.2 Å². The van der Waals surface area contributed by atoms with E-state index >= 15 is 0 Å². The van der Waals surface area contributed by atoms with Crippen molar-refractivity contribution < 1.29 is 40.1 Å². The molecule has 2 aromatic carbocycles. The number of anilines is 2. The first kappa shape index (κ1) is 30.3. The van der Waals surface area contributed by atoms with Gasteiger partial charge in [0.1, 0.15) is 5.75 Å². The van der Waals surface area contributed by atoms with Crippen LogP contribution >= 0.6 is 0 Å². The third-order valence-corrected chi connectivity index (χ3v) is 8.98. The summed E-state index contributed by atoms with van der Waals surface area (Å²) in [7, 11) is -4.21. The molecule has 0 aromatic heterocycles. The van der Waals surface area contributed by atoms with Crippen molar-refractivity contribution in [1.29, 1.82) is 0 Å². The van der Waals surface area contributed by atoms with Gasteiger partial charge in [-0.15, -0.1) is 0 Å². The molecule has 1 saturated carbocycles. The maximum absolute atomic E-state index is 14.2. The minimum atomic E-state index is -5.83. The molecule has 1 aliphatic carbocycles. The van der Waals surface area contributed by atoms with Gasteiger partial charge in [0.25, 0.3) is 0 Å². The van der Waals surface area contributed by atoms with Crippen LogP contribution in [0, 0.1) is 5.92 Å². The van der Waals surface area contributed by atoms with Crippen LogP contribution in [0.4, 0.5) is 24.5 Å². The summed E-state index contributed by atoms with van der Waals surface area (Å²) in [5.74, 6) is -1.48. The normalized spacial score (nSPS) is 21.1. The summed E-state index contributed by atoms with van der Waals surface area (Å²) in [4.78, 5) is 30.6. The summed E-state index contributed by atoms with van der Waals surface area (Å²) >= 11 is 0. The van der Waals surface area contributed by atoms with E-state index in [-0.39, 0.29) is 23.8 Å². The largest absolute Gasteiger partial charge is 0.534 e. The number of halogens is 3. The smallest absolute Gasteiger partial charge is 0.385 e. The fraction of sp³-hybridized carbons (Fsp3) is 0.517. The summed E-state index contributed by atoms with van der Waals surface area (Å²) in [6.07, 6.45) is 3.93. The SMILES string of the molecule is COCCCN1C(=O)CCc2ccc(N(C(=O)[C@H]3CNCC[C@@H]3c3cccc(OS(=O)(=O)C(F)(F)F)c3)C3CC3)cc21. The molecule has 0 unspecified atom stereocenters. The highest BCUT2D eigenvalue weighted by molar-refractivity contribution is 7.88. The van der Waals surface area contributed by atoms with E-state index in [9.17, 15) is 31.2 Å². The van der Waals surface area contributed by atoms with Gasteiger partial charge in [0, 0.05) is 50.6 Å². The zero-order chi connectivity index (χ0) is 30.1. The molecule has 1 saturated heterocycles. The Labute approximate surface area is 243 Å². The number of methoxy groups -OCH3 is 1. The number of piperidine rings is 1. The molecule has 1 N–H and O–H groups in total. The van der Waals surface area contributed by atoms with Gasteiger partial charge < -0.3 is 24.0 Å². The average Bonchev–Trinajstić information content (AvgIpc) is 3.79. The maximum Gasteiger partial charge on any atom is 0.534 e. The Morgan fingerprint density at radius 1 is 1.12 bits per heavy atom. The Hall–Kier alpha value is -3.16. The zero-order valence-corrected chi connectivity index (χ0v) is 24.0. The molecule has 2 heterocycles. The number of nitrogens with zero attached hydrogens (tertiary/aromatic N) is 2. The minimum Gasteiger partial charge on any atom is -0.385 e. The Morgan fingerprint density at radius 2 is 1.90 bits per heavy atom. The van der Waals surface area contributed by atoms with Crippen molar-refractivity contribution in [2.75, 3.05) is 43.2 Å². The van der Waals surface area contributed by atoms with Crippen molar-refractivity contribution in [2.45, 2.75) is 56.0 Å². The predicted octanol–water partition coefficient (Wildman–Crippen LogP) is 4.12. The van der Waals surface area contributed by atoms with Crippen LogP contribution in [0.1, 0.15) is 49.1 Å². The predicted molar refractivity (Wildman–Crippen MR) is 150 cm³/mol. The molecule has 13 heteroatoms. The topological polar surface area (TPSA) is 105 Å². The third-order valence-electron chi connectivity index (χ3n) is 8.00. The second kappa shape index (κ2) is 12.2. The second-order valence-electron chi connectivity index (χ2n) is 10.9. The van der Waals surface area contributed by atoms with Crippen LogP contribution in [-0.2, 0) is 30.9 Å². The van der Waals surface area contributed by atoms with E-state index in [4.69, 9.17) is 4.74 Å². The summed E-state index contributed by atoms with van der Waals surface area (Å²) in [5, 5.41) is 3.26. The molecule has 0 spiro atoms. The summed E-state index contributed by atoms with van der Waals surface area (Å²) in [5.41, 5.74) is -2.49. The van der Waals surface area contributed by atoms with Crippen LogP contribution < -0.4 is 19.3 Å². The highest BCUT2D eigenvalue weighted by atomic mass is 32.2. The summed E-state index contributed by atoms with van der Waals surface area (Å²) in [6, 6.07) is 11.3. The fourth-order valence-corrected chi connectivity index (χ4v) is 6.26. The zero-order valence-electron chi connectivity index (χ0n) is 23.2. The van der Waals surface area contributed by atoms with E-state index < -0.39 is 27.3 Å². The number of alkyl halides is 3. The van der Waals surface area contributed by atoms with Crippen LogP contribution in [0.2, 0.25) is 0 Å². The lowest BCUT2D eigenvalue weighted by Gasteiger charge is -2.36. The maximum atomic E-state index is 14.2. The highest BCUT2D eigenvalue weighted by Gasteiger charge is 2.49. The number of nitrogens with one attached hydrogen (secondary N) is 1. The van der Waals surface area contributed by atoms with E-state index in [2.05, 4.69) is 9.50 Å². The van der Waals surface area contributed by atoms with Gasteiger partial charge in [-0.3, -0.25) is 9.59 Å². The molecule has 0 radical (unpaired) electrons. The first-order chi connectivity index (χ1) is 20.0. The molecule has 2 atom stereocenters. The summed E-state index contributed by atoms with van der Waals surface area (Å²) in [6.45, 7) is 1.97. The number of fused-ring (bicyclic) bond motifs is 1. The molecule has 2 amide bonds. The lowest BCUT2D eigenvalue weighted by atomic mass is 9.80. The number of amides is 2. The standard InChI is InChI=1S/C29H34F3N3O6S/c1-40-15-3-14-34-26-17-22(8-6-19(26)7-11-27(34)36)35(21-9-10-21)28(37)25-18-33-13-12-24(25)20-4-2-5-23(16-20)41-42(38,39)29(30,31)32/h2,4-6,8,16-17,21,24-25,33H,3,7,9-15,18H2,1H3/t24-,25+/m1/s1. The number of aryl methyl sites for hydroxylation is 1. The molecule has 0 bridgehead atoms. The van der Waals surface area contributed by atoms with Gasteiger partial charge in [-0.25, -0.2) is 0 Å². The van der Waals surface area contributed by atoms with Gasteiger partial charge in [-0.2, -0.15) is 21.6 Å². The number of benzene rings is 2. The Bertz CT molecular complexity index is 1430.